The van der Waals surface area contributed by atoms with Crippen molar-refractivity contribution in [3.05, 3.63) is 48.0 Å². The van der Waals surface area contributed by atoms with Crippen LogP contribution < -0.4 is 0 Å². The maximum absolute atomic E-state index is 12.3. The van der Waals surface area contributed by atoms with Gasteiger partial charge >= 0.3 is 6.09 Å². The molecule has 1 fully saturated rings. The molecule has 4 nitrogen and oxygen atoms in total. The fourth-order valence-corrected chi connectivity index (χ4v) is 2.63. The number of likely N-dealkylation sites (tertiary alicyclic amines) is 1. The predicted octanol–water partition coefficient (Wildman–Crippen LogP) is 4.10. The third-order valence-corrected chi connectivity index (χ3v) is 3.99. The number of allylic oxidation sites excluding steroid dienone is 1. The van der Waals surface area contributed by atoms with Gasteiger partial charge in [-0.3, -0.25) is 4.79 Å². The van der Waals surface area contributed by atoms with Gasteiger partial charge in [0.1, 0.15) is 12.4 Å². The molecule has 4 heteroatoms. The highest BCUT2D eigenvalue weighted by atomic mass is 16.6. The first-order chi connectivity index (χ1) is 11.2. The van der Waals surface area contributed by atoms with Gasteiger partial charge in [-0.15, -0.1) is 0 Å². The van der Waals surface area contributed by atoms with Gasteiger partial charge in [-0.2, -0.15) is 0 Å². The highest BCUT2D eigenvalue weighted by Gasteiger charge is 2.29. The Morgan fingerprint density at radius 3 is 2.87 bits per heavy atom. The second-order valence-corrected chi connectivity index (χ2v) is 5.86. The van der Waals surface area contributed by atoms with E-state index in [0.29, 0.717) is 19.4 Å². The van der Waals surface area contributed by atoms with Crippen LogP contribution in [0, 0.1) is 0 Å². The molecule has 1 amide bonds. The summed E-state index contributed by atoms with van der Waals surface area (Å²) in [6, 6.07) is 9.45. The number of piperidine rings is 1. The lowest BCUT2D eigenvalue weighted by Gasteiger charge is -2.32. The van der Waals surface area contributed by atoms with E-state index in [-0.39, 0.29) is 24.5 Å². The highest BCUT2D eigenvalue weighted by molar-refractivity contribution is 5.82. The zero-order chi connectivity index (χ0) is 16.5. The van der Waals surface area contributed by atoms with Crippen LogP contribution >= 0.6 is 0 Å². The van der Waals surface area contributed by atoms with Crippen LogP contribution in [0.3, 0.4) is 0 Å². The van der Waals surface area contributed by atoms with E-state index in [1.807, 2.05) is 36.4 Å². The average molecular weight is 315 g/mol. The Bertz CT molecular complexity index is 539. The van der Waals surface area contributed by atoms with E-state index in [9.17, 15) is 9.59 Å². The predicted molar refractivity (Wildman–Crippen MR) is 90.0 cm³/mol. The fraction of sp³-hybridized carbons (Fsp3) is 0.474. The second kappa shape index (κ2) is 9.13. The zero-order valence-corrected chi connectivity index (χ0v) is 13.7. The monoisotopic (exact) mass is 315 g/mol. The van der Waals surface area contributed by atoms with Crippen LogP contribution in [0.5, 0.6) is 0 Å². The quantitative estimate of drug-likeness (QED) is 0.586. The summed E-state index contributed by atoms with van der Waals surface area (Å²) in [6.07, 6.45) is 7.76. The molecule has 1 aromatic rings. The third-order valence-electron chi connectivity index (χ3n) is 3.99. The molecule has 1 atom stereocenters. The van der Waals surface area contributed by atoms with Crippen LogP contribution in [0.2, 0.25) is 0 Å². The Morgan fingerprint density at radius 2 is 2.13 bits per heavy atom. The number of hydrogen-bond acceptors (Lipinski definition) is 3. The molecule has 0 aromatic heterocycles. The standard InChI is InChI=1S/C19H25NO3/c1-2-3-4-8-11-17-14-18(21)12-13-20(17)19(22)23-15-16-9-6-5-7-10-16/h5-11,17H,2-4,12-15H2,1H3/b11-8+/t17-/m0/s1. The SMILES string of the molecule is CCCC/C=C/[C@H]1CC(=O)CCN1C(=O)OCc1ccccc1. The van der Waals surface area contributed by atoms with Crippen molar-refractivity contribution in [2.24, 2.45) is 0 Å². The van der Waals surface area contributed by atoms with Gasteiger partial charge in [0.2, 0.25) is 0 Å². The summed E-state index contributed by atoms with van der Waals surface area (Å²) in [6.45, 7) is 2.84. The number of amides is 1. The van der Waals surface area contributed by atoms with E-state index in [4.69, 9.17) is 4.74 Å². The Hall–Kier alpha value is -2.10. The van der Waals surface area contributed by atoms with Gasteiger partial charge in [0, 0.05) is 19.4 Å². The number of nitrogens with zero attached hydrogens (tertiary/aromatic N) is 1. The van der Waals surface area contributed by atoms with Crippen molar-refractivity contribution in [1.29, 1.82) is 0 Å². The summed E-state index contributed by atoms with van der Waals surface area (Å²) >= 11 is 0. The Balaban J connectivity index is 1.92. The van der Waals surface area contributed by atoms with E-state index >= 15 is 0 Å². The normalized spacial score (nSPS) is 18.4. The van der Waals surface area contributed by atoms with Gasteiger partial charge < -0.3 is 9.64 Å². The van der Waals surface area contributed by atoms with Crippen LogP contribution in [0.25, 0.3) is 0 Å². The molecule has 1 aliphatic heterocycles. The van der Waals surface area contributed by atoms with Crippen molar-refractivity contribution in [1.82, 2.24) is 4.90 Å². The maximum atomic E-state index is 12.3. The number of hydrogen-bond donors (Lipinski definition) is 0. The van der Waals surface area contributed by atoms with Crippen molar-refractivity contribution < 1.29 is 14.3 Å². The van der Waals surface area contributed by atoms with Crippen molar-refractivity contribution in [3.63, 3.8) is 0 Å². The van der Waals surface area contributed by atoms with Gasteiger partial charge in [-0.1, -0.05) is 62.2 Å². The molecular weight excluding hydrogens is 290 g/mol. The van der Waals surface area contributed by atoms with Gasteiger partial charge in [0.25, 0.3) is 0 Å². The Labute approximate surface area is 138 Å². The van der Waals surface area contributed by atoms with Gasteiger partial charge in [0.15, 0.2) is 0 Å². The first-order valence-corrected chi connectivity index (χ1v) is 8.36. The third kappa shape index (κ3) is 5.55. The number of carbonyl (C=O) groups excluding carboxylic acids is 2. The minimum absolute atomic E-state index is 0.170. The molecule has 0 spiro atoms. The summed E-state index contributed by atoms with van der Waals surface area (Å²) in [7, 11) is 0. The highest BCUT2D eigenvalue weighted by Crippen LogP contribution is 2.18. The molecule has 2 rings (SSSR count). The molecule has 23 heavy (non-hydrogen) atoms. The lowest BCUT2D eigenvalue weighted by atomic mass is 10.0. The van der Waals surface area contributed by atoms with Crippen LogP contribution in [0.1, 0.15) is 44.6 Å². The Kier molecular flexibility index (Phi) is 6.85. The van der Waals surface area contributed by atoms with Gasteiger partial charge in [-0.05, 0) is 12.0 Å². The lowest BCUT2D eigenvalue weighted by Crippen LogP contribution is -2.45. The largest absolute Gasteiger partial charge is 0.445 e. The first kappa shape index (κ1) is 17.3. The molecular formula is C19H25NO3. The number of benzene rings is 1. The number of ether oxygens (including phenoxy) is 1. The van der Waals surface area contributed by atoms with Crippen molar-refractivity contribution in [3.8, 4) is 0 Å². The number of ketones is 1. The topological polar surface area (TPSA) is 46.6 Å². The Morgan fingerprint density at radius 1 is 1.35 bits per heavy atom. The zero-order valence-electron chi connectivity index (χ0n) is 13.7. The van der Waals surface area contributed by atoms with E-state index in [1.165, 1.54) is 0 Å². The molecule has 1 heterocycles. The summed E-state index contributed by atoms with van der Waals surface area (Å²) < 4.78 is 5.40. The minimum Gasteiger partial charge on any atom is -0.445 e. The maximum Gasteiger partial charge on any atom is 0.410 e. The smallest absolute Gasteiger partial charge is 0.410 e. The molecule has 0 bridgehead atoms. The number of unbranched alkanes of at least 4 members (excludes halogenated alkanes) is 2. The lowest BCUT2D eigenvalue weighted by molar-refractivity contribution is -0.122. The van der Waals surface area contributed by atoms with Crippen molar-refractivity contribution >= 4 is 11.9 Å². The van der Waals surface area contributed by atoms with Crippen molar-refractivity contribution in [2.45, 2.75) is 51.7 Å². The summed E-state index contributed by atoms with van der Waals surface area (Å²) in [5, 5.41) is 0. The number of Topliss-reactive ketones (excluding diaryl/α,β-unsaturated/α-hetero) is 1. The van der Waals surface area contributed by atoms with Crippen molar-refractivity contribution in [2.75, 3.05) is 6.54 Å². The van der Waals surface area contributed by atoms with Crippen LogP contribution in [-0.4, -0.2) is 29.4 Å². The molecule has 1 aliphatic rings. The summed E-state index contributed by atoms with van der Waals surface area (Å²) in [5.41, 5.74) is 0.962. The fourth-order valence-electron chi connectivity index (χ4n) is 2.63. The molecule has 1 saturated heterocycles. The minimum atomic E-state index is -0.341. The summed E-state index contributed by atoms with van der Waals surface area (Å²) in [5.74, 6) is 0.210. The van der Waals surface area contributed by atoms with Gasteiger partial charge in [0.05, 0.1) is 6.04 Å². The molecule has 0 radical (unpaired) electrons. The molecule has 0 unspecified atom stereocenters. The molecule has 1 aromatic carbocycles. The first-order valence-electron chi connectivity index (χ1n) is 8.36. The van der Waals surface area contributed by atoms with E-state index in [2.05, 4.69) is 13.0 Å². The molecule has 0 N–H and O–H groups in total. The molecule has 124 valence electrons. The molecule has 0 aliphatic carbocycles. The van der Waals surface area contributed by atoms with Crippen LogP contribution in [-0.2, 0) is 16.1 Å². The van der Waals surface area contributed by atoms with Crippen LogP contribution in [0.4, 0.5) is 4.79 Å². The number of rotatable bonds is 6. The second-order valence-electron chi connectivity index (χ2n) is 5.86. The van der Waals surface area contributed by atoms with Gasteiger partial charge in [-0.25, -0.2) is 4.79 Å². The molecule has 0 saturated carbocycles. The van der Waals surface area contributed by atoms with E-state index in [0.717, 1.165) is 24.8 Å². The van der Waals surface area contributed by atoms with E-state index in [1.54, 1.807) is 4.90 Å². The number of carbonyl (C=O) groups is 2. The van der Waals surface area contributed by atoms with Crippen LogP contribution in [0.15, 0.2) is 42.5 Å². The average Bonchev–Trinajstić information content (AvgIpc) is 2.58. The van der Waals surface area contributed by atoms with E-state index < -0.39 is 0 Å². The summed E-state index contributed by atoms with van der Waals surface area (Å²) in [4.78, 5) is 25.7.